The highest BCUT2D eigenvalue weighted by atomic mass is 32.2. The number of hydrogen-bond donors (Lipinski definition) is 2. The fourth-order valence-electron chi connectivity index (χ4n) is 0.972. The number of nitriles is 1. The third-order valence-corrected chi connectivity index (χ3v) is 6.12. The zero-order chi connectivity index (χ0) is 14.0. The summed E-state index contributed by atoms with van der Waals surface area (Å²) < 4.78 is 47.1. The zero-order valence-electron chi connectivity index (χ0n) is 9.32. The summed E-state index contributed by atoms with van der Waals surface area (Å²) >= 11 is 0.877. The van der Waals surface area contributed by atoms with Crippen molar-refractivity contribution in [2.45, 2.75) is 22.9 Å². The van der Waals surface area contributed by atoms with Gasteiger partial charge in [0.25, 0.3) is 0 Å². The van der Waals surface area contributed by atoms with E-state index in [1.165, 1.54) is 19.1 Å². The molecule has 1 aromatic rings. The monoisotopic (exact) mass is 309 g/mol. The summed E-state index contributed by atoms with van der Waals surface area (Å²) in [6, 6.07) is 4.37. The Hall–Kier alpha value is -0.990. The second-order valence-corrected chi connectivity index (χ2v) is 8.45. The average molecular weight is 309 g/mol. The molecule has 1 unspecified atom stereocenters. The molecule has 18 heavy (non-hydrogen) atoms. The van der Waals surface area contributed by atoms with Crippen LogP contribution in [0, 0.1) is 11.3 Å². The fraction of sp³-hybridized carbons (Fsp3) is 0.375. The molecule has 0 saturated heterocycles. The van der Waals surface area contributed by atoms with Crippen LogP contribution >= 0.6 is 11.3 Å². The molecule has 0 aliphatic rings. The van der Waals surface area contributed by atoms with Gasteiger partial charge in [-0.05, 0) is 19.1 Å². The van der Waals surface area contributed by atoms with Crippen molar-refractivity contribution in [3.8, 4) is 6.07 Å². The molecule has 0 bridgehead atoms. The quantitative estimate of drug-likeness (QED) is 0.773. The smallest absolute Gasteiger partial charge is 0.224 e. The number of nitrogens with zero attached hydrogens (tertiary/aromatic N) is 1. The largest absolute Gasteiger partial charge is 0.247 e. The maximum Gasteiger partial charge on any atom is 0.247 e. The molecule has 0 aliphatic carbocycles. The molecule has 0 aliphatic heterocycles. The minimum atomic E-state index is -3.77. The van der Waals surface area contributed by atoms with E-state index in [2.05, 4.69) is 4.72 Å². The van der Waals surface area contributed by atoms with Crippen LogP contribution in [0.3, 0.4) is 0 Å². The summed E-state index contributed by atoms with van der Waals surface area (Å²) in [4.78, 5) is 0.493. The van der Waals surface area contributed by atoms with E-state index in [0.29, 0.717) is 4.88 Å². The first-order chi connectivity index (χ1) is 8.16. The second kappa shape index (κ2) is 5.33. The summed E-state index contributed by atoms with van der Waals surface area (Å²) in [6.45, 7) is 1.18. The van der Waals surface area contributed by atoms with Crippen molar-refractivity contribution in [3.63, 3.8) is 0 Å². The Kier molecular flexibility index (Phi) is 4.46. The van der Waals surface area contributed by atoms with Crippen LogP contribution in [0.2, 0.25) is 0 Å². The molecule has 3 N–H and O–H groups in total. The molecule has 0 aromatic carbocycles. The fourth-order valence-corrected chi connectivity index (χ4v) is 3.53. The SMILES string of the molecule is CC(C#N)S(=O)(=O)NCc1ccc(S(N)(=O)=O)s1. The number of rotatable bonds is 5. The number of primary sulfonamides is 1. The lowest BCUT2D eigenvalue weighted by Gasteiger charge is -2.06. The van der Waals surface area contributed by atoms with Gasteiger partial charge in [-0.3, -0.25) is 0 Å². The number of sulfonamides is 2. The lowest BCUT2D eigenvalue weighted by atomic mass is 10.5. The summed E-state index contributed by atoms with van der Waals surface area (Å²) in [5.74, 6) is 0. The van der Waals surface area contributed by atoms with E-state index < -0.39 is 25.3 Å². The van der Waals surface area contributed by atoms with Crippen molar-refractivity contribution in [2.75, 3.05) is 0 Å². The van der Waals surface area contributed by atoms with E-state index >= 15 is 0 Å². The molecule has 0 amide bonds. The maximum atomic E-state index is 11.5. The lowest BCUT2D eigenvalue weighted by Crippen LogP contribution is -2.30. The van der Waals surface area contributed by atoms with Crippen LogP contribution in [0.25, 0.3) is 0 Å². The van der Waals surface area contributed by atoms with Gasteiger partial charge >= 0.3 is 0 Å². The minimum Gasteiger partial charge on any atom is -0.224 e. The summed E-state index contributed by atoms with van der Waals surface area (Å²) in [5, 5.41) is 12.3. The van der Waals surface area contributed by atoms with Crippen LogP contribution in [0.1, 0.15) is 11.8 Å². The van der Waals surface area contributed by atoms with Gasteiger partial charge in [-0.15, -0.1) is 11.3 Å². The second-order valence-electron chi connectivity index (χ2n) is 3.40. The van der Waals surface area contributed by atoms with Gasteiger partial charge in [0.15, 0.2) is 5.25 Å². The Morgan fingerprint density at radius 2 is 2.06 bits per heavy atom. The van der Waals surface area contributed by atoms with Gasteiger partial charge in [-0.1, -0.05) is 0 Å². The van der Waals surface area contributed by atoms with Gasteiger partial charge in [0.2, 0.25) is 20.0 Å². The van der Waals surface area contributed by atoms with Crippen LogP contribution in [-0.4, -0.2) is 22.1 Å². The number of hydrogen-bond acceptors (Lipinski definition) is 6. The van der Waals surface area contributed by atoms with Crippen molar-refractivity contribution in [1.29, 1.82) is 5.26 Å². The van der Waals surface area contributed by atoms with Crippen LogP contribution in [0.4, 0.5) is 0 Å². The van der Waals surface area contributed by atoms with E-state index in [0.717, 1.165) is 11.3 Å². The molecule has 1 atom stereocenters. The van der Waals surface area contributed by atoms with Crippen molar-refractivity contribution < 1.29 is 16.8 Å². The standard InChI is InChI=1S/C8H11N3O4S3/c1-6(4-9)18(14,15)11-5-7-2-3-8(16-7)17(10,12)13/h2-3,6,11H,5H2,1H3,(H2,10,12,13). The molecule has 0 radical (unpaired) electrons. The third kappa shape index (κ3) is 3.76. The Balaban J connectivity index is 2.78. The topological polar surface area (TPSA) is 130 Å². The molecule has 1 aromatic heterocycles. The molecule has 1 heterocycles. The average Bonchev–Trinajstić information content (AvgIpc) is 2.73. The van der Waals surface area contributed by atoms with Gasteiger partial charge < -0.3 is 0 Å². The van der Waals surface area contributed by atoms with Crippen LogP contribution in [0.15, 0.2) is 16.3 Å². The van der Waals surface area contributed by atoms with Crippen LogP contribution in [-0.2, 0) is 26.6 Å². The maximum absolute atomic E-state index is 11.5. The van der Waals surface area contributed by atoms with E-state index in [9.17, 15) is 16.8 Å². The molecule has 0 spiro atoms. The number of nitrogens with one attached hydrogen (secondary N) is 1. The number of thiophene rings is 1. The van der Waals surface area contributed by atoms with E-state index in [1.54, 1.807) is 6.07 Å². The van der Waals surface area contributed by atoms with Gasteiger partial charge in [-0.2, -0.15) is 5.26 Å². The van der Waals surface area contributed by atoms with E-state index in [1.807, 2.05) is 0 Å². The molecular formula is C8H11N3O4S3. The first-order valence-corrected chi connectivity index (χ1v) is 8.57. The van der Waals surface area contributed by atoms with Crippen molar-refractivity contribution in [1.82, 2.24) is 4.72 Å². The zero-order valence-corrected chi connectivity index (χ0v) is 11.8. The number of nitrogens with two attached hydrogens (primary N) is 1. The van der Waals surface area contributed by atoms with Gasteiger partial charge in [0.05, 0.1) is 6.07 Å². The summed E-state index contributed by atoms with van der Waals surface area (Å²) in [6.07, 6.45) is 0. The molecule has 10 heteroatoms. The highest BCUT2D eigenvalue weighted by Gasteiger charge is 2.20. The Labute approximate surface area is 109 Å². The lowest BCUT2D eigenvalue weighted by molar-refractivity contribution is 0.577. The Morgan fingerprint density at radius 1 is 1.44 bits per heavy atom. The molecule has 1 rings (SSSR count). The van der Waals surface area contributed by atoms with Gasteiger partial charge in [0, 0.05) is 11.4 Å². The van der Waals surface area contributed by atoms with E-state index in [4.69, 9.17) is 10.4 Å². The van der Waals surface area contributed by atoms with Crippen molar-refractivity contribution in [2.24, 2.45) is 5.14 Å². The Morgan fingerprint density at radius 3 is 2.50 bits per heavy atom. The molecule has 100 valence electrons. The predicted molar refractivity (Wildman–Crippen MR) is 66.5 cm³/mol. The molecule has 0 fully saturated rings. The van der Waals surface area contributed by atoms with Gasteiger partial charge in [0.1, 0.15) is 4.21 Å². The third-order valence-electron chi connectivity index (χ3n) is 2.01. The van der Waals surface area contributed by atoms with Crippen molar-refractivity contribution in [3.05, 3.63) is 17.0 Å². The molecular weight excluding hydrogens is 298 g/mol. The summed E-state index contributed by atoms with van der Waals surface area (Å²) in [5.41, 5.74) is 0. The van der Waals surface area contributed by atoms with Crippen molar-refractivity contribution >= 4 is 31.4 Å². The van der Waals surface area contributed by atoms with Crippen LogP contribution < -0.4 is 9.86 Å². The molecule has 0 saturated carbocycles. The predicted octanol–water partition coefficient (Wildman–Crippen LogP) is -0.273. The first-order valence-electron chi connectivity index (χ1n) is 4.66. The molecule has 7 nitrogen and oxygen atoms in total. The van der Waals surface area contributed by atoms with E-state index in [-0.39, 0.29) is 10.8 Å². The Bertz CT molecular complexity index is 669. The normalized spacial score (nSPS) is 14.1. The highest BCUT2D eigenvalue weighted by Crippen LogP contribution is 2.20. The van der Waals surface area contributed by atoms with Gasteiger partial charge in [-0.25, -0.2) is 26.7 Å². The first kappa shape index (κ1) is 15.1. The highest BCUT2D eigenvalue weighted by molar-refractivity contribution is 7.91. The van der Waals surface area contributed by atoms with Crippen LogP contribution in [0.5, 0.6) is 0 Å². The minimum absolute atomic E-state index is 0.0370. The summed E-state index contributed by atoms with van der Waals surface area (Å²) in [7, 11) is -7.49.